The molecule has 92 valence electrons. The average molecular weight is 282 g/mol. The minimum absolute atomic E-state index is 0.00140. The SMILES string of the molecule is CSc1ncc(Cl)c(C(=O)N(CC#N)CC#N)n1. The van der Waals surface area contributed by atoms with Gasteiger partial charge in [0.05, 0.1) is 23.4 Å². The van der Waals surface area contributed by atoms with Gasteiger partial charge in [-0.05, 0) is 6.26 Å². The Morgan fingerprint density at radius 1 is 1.50 bits per heavy atom. The van der Waals surface area contributed by atoms with E-state index in [0.29, 0.717) is 5.16 Å². The molecule has 0 unspecified atom stereocenters. The van der Waals surface area contributed by atoms with Crippen LogP contribution in [0.3, 0.4) is 0 Å². The second-order valence-electron chi connectivity index (χ2n) is 3.03. The fourth-order valence-corrected chi connectivity index (χ4v) is 1.63. The van der Waals surface area contributed by atoms with Crippen molar-refractivity contribution in [3.8, 4) is 12.1 Å². The van der Waals surface area contributed by atoms with Crippen molar-refractivity contribution in [2.24, 2.45) is 0 Å². The number of amides is 1. The number of nitrogens with zero attached hydrogens (tertiary/aromatic N) is 5. The Bertz CT molecular complexity index is 520. The van der Waals surface area contributed by atoms with Crippen molar-refractivity contribution in [1.29, 1.82) is 10.5 Å². The molecule has 0 fully saturated rings. The molecule has 1 amide bonds. The van der Waals surface area contributed by atoms with Gasteiger partial charge in [-0.15, -0.1) is 0 Å². The maximum Gasteiger partial charge on any atom is 0.275 e. The van der Waals surface area contributed by atoms with E-state index in [1.165, 1.54) is 18.0 Å². The summed E-state index contributed by atoms with van der Waals surface area (Å²) in [7, 11) is 0. The van der Waals surface area contributed by atoms with Crippen LogP contribution >= 0.6 is 23.4 Å². The summed E-state index contributed by atoms with van der Waals surface area (Å²) in [5.74, 6) is -0.555. The van der Waals surface area contributed by atoms with Gasteiger partial charge in [0, 0.05) is 0 Å². The third-order valence-corrected chi connectivity index (χ3v) is 2.76. The van der Waals surface area contributed by atoms with Gasteiger partial charge >= 0.3 is 0 Å². The number of hydrogen-bond acceptors (Lipinski definition) is 6. The molecule has 0 aliphatic heterocycles. The molecule has 0 saturated carbocycles. The van der Waals surface area contributed by atoms with Crippen LogP contribution in [0.5, 0.6) is 0 Å². The third-order valence-electron chi connectivity index (χ3n) is 1.92. The first-order valence-corrected chi connectivity index (χ1v) is 6.34. The molecule has 0 atom stereocenters. The first kappa shape index (κ1) is 14.2. The predicted octanol–water partition coefficient (Wildman–Crippen LogP) is 1.34. The topological polar surface area (TPSA) is 93.7 Å². The van der Waals surface area contributed by atoms with Crippen LogP contribution in [0.2, 0.25) is 5.02 Å². The van der Waals surface area contributed by atoms with Crippen molar-refractivity contribution < 1.29 is 4.79 Å². The summed E-state index contributed by atoms with van der Waals surface area (Å²) in [6.07, 6.45) is 3.09. The highest BCUT2D eigenvalue weighted by atomic mass is 35.5. The van der Waals surface area contributed by atoms with E-state index in [-0.39, 0.29) is 23.8 Å². The molecule has 0 saturated heterocycles. The van der Waals surface area contributed by atoms with E-state index in [1.807, 2.05) is 12.1 Å². The molecule has 0 bridgehead atoms. The van der Waals surface area contributed by atoms with Crippen molar-refractivity contribution in [3.05, 3.63) is 16.9 Å². The average Bonchev–Trinajstić information content (AvgIpc) is 2.38. The van der Waals surface area contributed by atoms with E-state index in [0.717, 1.165) is 4.90 Å². The molecule has 0 aromatic carbocycles. The van der Waals surface area contributed by atoms with Gasteiger partial charge in [-0.1, -0.05) is 23.4 Å². The van der Waals surface area contributed by atoms with E-state index in [4.69, 9.17) is 22.1 Å². The predicted molar refractivity (Wildman–Crippen MR) is 66.0 cm³/mol. The number of thioether (sulfide) groups is 1. The van der Waals surface area contributed by atoms with Crippen LogP contribution in [-0.2, 0) is 0 Å². The largest absolute Gasteiger partial charge is 0.311 e. The summed E-state index contributed by atoms with van der Waals surface area (Å²) in [6, 6.07) is 3.63. The summed E-state index contributed by atoms with van der Waals surface area (Å²) in [4.78, 5) is 21.0. The molecule has 6 nitrogen and oxygen atoms in total. The number of carbonyl (C=O) groups is 1. The number of carbonyl (C=O) groups excluding carboxylic acids is 1. The quantitative estimate of drug-likeness (QED) is 0.470. The molecule has 0 radical (unpaired) electrons. The molecule has 1 heterocycles. The van der Waals surface area contributed by atoms with Crippen LogP contribution in [0, 0.1) is 22.7 Å². The third kappa shape index (κ3) is 3.33. The summed E-state index contributed by atoms with van der Waals surface area (Å²) in [6.45, 7) is -0.386. The standard InChI is InChI=1S/C10H8ClN5OS/c1-18-10-14-6-7(11)8(15-10)9(17)16(4-2-12)5-3-13/h6H,4-5H2,1H3. The van der Waals surface area contributed by atoms with E-state index >= 15 is 0 Å². The number of aromatic nitrogens is 2. The Hall–Kier alpha value is -1.83. The Balaban J connectivity index is 3.08. The van der Waals surface area contributed by atoms with Gasteiger partial charge in [0.25, 0.3) is 5.91 Å². The van der Waals surface area contributed by atoms with E-state index in [9.17, 15) is 4.79 Å². The Labute approximate surface area is 113 Å². The van der Waals surface area contributed by atoms with Crippen LogP contribution < -0.4 is 0 Å². The molecular formula is C10H8ClN5OS. The highest BCUT2D eigenvalue weighted by Gasteiger charge is 2.20. The first-order chi connectivity index (χ1) is 8.63. The van der Waals surface area contributed by atoms with Crippen LogP contribution in [0.4, 0.5) is 0 Å². The lowest BCUT2D eigenvalue weighted by Crippen LogP contribution is -2.32. The van der Waals surface area contributed by atoms with Crippen molar-refractivity contribution in [2.45, 2.75) is 5.16 Å². The van der Waals surface area contributed by atoms with Gasteiger partial charge in [-0.2, -0.15) is 10.5 Å². The minimum Gasteiger partial charge on any atom is -0.311 e. The van der Waals surface area contributed by atoms with Gasteiger partial charge < -0.3 is 4.90 Å². The van der Waals surface area contributed by atoms with Gasteiger partial charge in [-0.25, -0.2) is 9.97 Å². The minimum atomic E-state index is -0.555. The summed E-state index contributed by atoms with van der Waals surface area (Å²) in [5, 5.41) is 17.7. The van der Waals surface area contributed by atoms with Gasteiger partial charge in [0.1, 0.15) is 13.1 Å². The highest BCUT2D eigenvalue weighted by Crippen LogP contribution is 2.18. The zero-order valence-corrected chi connectivity index (χ0v) is 11.0. The molecular weight excluding hydrogens is 274 g/mol. The zero-order valence-electron chi connectivity index (χ0n) is 9.42. The Morgan fingerprint density at radius 2 is 2.11 bits per heavy atom. The Kier molecular flexibility index (Phi) is 5.37. The fraction of sp³-hybridized carbons (Fsp3) is 0.300. The smallest absolute Gasteiger partial charge is 0.275 e. The summed E-state index contributed by atoms with van der Waals surface area (Å²) >= 11 is 7.11. The number of hydrogen-bond donors (Lipinski definition) is 0. The van der Waals surface area contributed by atoms with Crippen molar-refractivity contribution in [1.82, 2.24) is 14.9 Å². The van der Waals surface area contributed by atoms with Crippen LogP contribution in [-0.4, -0.2) is 40.1 Å². The molecule has 0 aliphatic carbocycles. The van der Waals surface area contributed by atoms with E-state index in [1.54, 1.807) is 6.26 Å². The maximum atomic E-state index is 12.1. The molecule has 1 aromatic rings. The lowest BCUT2D eigenvalue weighted by molar-refractivity contribution is 0.0788. The second kappa shape index (κ2) is 6.80. The first-order valence-electron chi connectivity index (χ1n) is 4.73. The zero-order chi connectivity index (χ0) is 13.5. The van der Waals surface area contributed by atoms with E-state index in [2.05, 4.69) is 9.97 Å². The second-order valence-corrected chi connectivity index (χ2v) is 4.21. The highest BCUT2D eigenvalue weighted by molar-refractivity contribution is 7.98. The summed E-state index contributed by atoms with van der Waals surface area (Å²) < 4.78 is 0. The normalized spacial score (nSPS) is 9.33. The molecule has 0 aliphatic rings. The monoisotopic (exact) mass is 281 g/mol. The molecule has 0 spiro atoms. The number of halogens is 1. The molecule has 0 N–H and O–H groups in total. The van der Waals surface area contributed by atoms with E-state index < -0.39 is 5.91 Å². The lowest BCUT2D eigenvalue weighted by atomic mass is 10.3. The molecule has 18 heavy (non-hydrogen) atoms. The van der Waals surface area contributed by atoms with Crippen LogP contribution in [0.25, 0.3) is 0 Å². The number of rotatable bonds is 4. The van der Waals surface area contributed by atoms with Crippen molar-refractivity contribution in [2.75, 3.05) is 19.3 Å². The molecule has 1 aromatic heterocycles. The van der Waals surface area contributed by atoms with Crippen LogP contribution in [0.15, 0.2) is 11.4 Å². The Morgan fingerprint density at radius 3 is 2.61 bits per heavy atom. The van der Waals surface area contributed by atoms with Crippen molar-refractivity contribution in [3.63, 3.8) is 0 Å². The molecule has 1 rings (SSSR count). The van der Waals surface area contributed by atoms with Gasteiger partial charge in [0.15, 0.2) is 10.9 Å². The van der Waals surface area contributed by atoms with Crippen LogP contribution in [0.1, 0.15) is 10.5 Å². The maximum absolute atomic E-state index is 12.1. The summed E-state index contributed by atoms with van der Waals surface area (Å²) in [5.41, 5.74) is 0.00140. The van der Waals surface area contributed by atoms with Crippen molar-refractivity contribution >= 4 is 29.3 Å². The fourth-order valence-electron chi connectivity index (χ4n) is 1.12. The number of nitriles is 2. The van der Waals surface area contributed by atoms with Gasteiger partial charge in [0.2, 0.25) is 0 Å². The lowest BCUT2D eigenvalue weighted by Gasteiger charge is -2.15. The molecule has 8 heteroatoms. The van der Waals surface area contributed by atoms with Gasteiger partial charge in [-0.3, -0.25) is 4.79 Å².